The Morgan fingerprint density at radius 1 is 1.31 bits per heavy atom. The molecule has 0 spiro atoms. The second kappa shape index (κ2) is 9.17. The molecule has 0 aromatic carbocycles. The zero-order valence-corrected chi connectivity index (χ0v) is 19.6. The zero-order valence-electron chi connectivity index (χ0n) is 18.8. The highest BCUT2D eigenvalue weighted by Gasteiger charge is 2.49. The first-order chi connectivity index (χ1) is 14.9. The van der Waals surface area contributed by atoms with Crippen molar-refractivity contribution in [3.8, 4) is 0 Å². The maximum atomic E-state index is 13.6. The van der Waals surface area contributed by atoms with Crippen LogP contribution in [0.4, 0.5) is 19.0 Å². The number of amides is 1. The van der Waals surface area contributed by atoms with E-state index in [1.807, 2.05) is 25.7 Å². The molecule has 2 aliphatic rings. The predicted molar refractivity (Wildman–Crippen MR) is 115 cm³/mol. The molecule has 1 saturated carbocycles. The smallest absolute Gasteiger partial charge is 0.353 e. The molecule has 1 saturated heterocycles. The first-order valence-electron chi connectivity index (χ1n) is 11.0. The molecule has 0 unspecified atom stereocenters. The lowest BCUT2D eigenvalue weighted by Crippen LogP contribution is -2.54. The van der Waals surface area contributed by atoms with E-state index in [1.165, 1.54) is 10.4 Å². The van der Waals surface area contributed by atoms with Crippen LogP contribution in [0.1, 0.15) is 52.1 Å². The van der Waals surface area contributed by atoms with Crippen LogP contribution in [0.3, 0.4) is 0 Å². The zero-order chi connectivity index (χ0) is 23.8. The van der Waals surface area contributed by atoms with Crippen LogP contribution in [-0.2, 0) is 14.8 Å². The van der Waals surface area contributed by atoms with Crippen molar-refractivity contribution in [2.24, 2.45) is 5.92 Å². The van der Waals surface area contributed by atoms with Gasteiger partial charge in [0.05, 0.1) is 5.92 Å². The Morgan fingerprint density at radius 3 is 2.53 bits per heavy atom. The van der Waals surface area contributed by atoms with E-state index in [0.717, 1.165) is 0 Å². The molecular weight excluding hydrogens is 445 g/mol. The predicted octanol–water partition coefficient (Wildman–Crippen LogP) is 3.23. The number of hydrogen-bond acceptors (Lipinski definition) is 5. The first kappa shape index (κ1) is 24.8. The Balaban J connectivity index is 1.82. The van der Waals surface area contributed by atoms with Crippen LogP contribution in [0.5, 0.6) is 0 Å². The average Bonchev–Trinajstić information content (AvgIpc) is 3.14. The third-order valence-corrected chi connectivity index (χ3v) is 8.18. The number of aromatic nitrogens is 1. The van der Waals surface area contributed by atoms with Gasteiger partial charge < -0.3 is 10.2 Å². The summed E-state index contributed by atoms with van der Waals surface area (Å²) in [4.78, 5) is 19.2. The fourth-order valence-electron chi connectivity index (χ4n) is 4.41. The lowest BCUT2D eigenvalue weighted by molar-refractivity contribution is -0.199. The number of carbonyl (C=O) groups excluding carboxylic acids is 1. The quantitative estimate of drug-likeness (QED) is 0.653. The van der Waals surface area contributed by atoms with Crippen molar-refractivity contribution in [2.45, 2.75) is 82.6 Å². The standard InChI is InChI=1S/C21H31F3N4O3S/c1-5-27(13(2)3)19-18(9-8-14(4)25-19)32(30,31)28-10-6-7-17(28)20(29)26-16-11-15(12-16)21(22,23)24/h8-9,13,15-17H,5-7,10-12H2,1-4H3,(H,26,29)/t15?,16?,17-/m0/s1. The van der Waals surface area contributed by atoms with Gasteiger partial charge in [-0.25, -0.2) is 13.4 Å². The Hall–Kier alpha value is -1.88. The highest BCUT2D eigenvalue weighted by atomic mass is 32.2. The SMILES string of the molecule is CCN(c1nc(C)ccc1S(=O)(=O)N1CCC[C@H]1C(=O)NC1CC(C(F)(F)F)C1)C(C)C. The van der Waals surface area contributed by atoms with E-state index in [4.69, 9.17) is 0 Å². The number of sulfonamides is 1. The number of anilines is 1. The summed E-state index contributed by atoms with van der Waals surface area (Å²) in [5, 5.41) is 2.62. The summed E-state index contributed by atoms with van der Waals surface area (Å²) >= 11 is 0. The third-order valence-electron chi connectivity index (χ3n) is 6.25. The summed E-state index contributed by atoms with van der Waals surface area (Å²) in [6.07, 6.45) is -3.76. The van der Waals surface area contributed by atoms with Gasteiger partial charge in [-0.15, -0.1) is 0 Å². The number of rotatable bonds is 7. The second-order valence-electron chi connectivity index (χ2n) is 8.84. The largest absolute Gasteiger partial charge is 0.391 e. The number of nitrogens with zero attached hydrogens (tertiary/aromatic N) is 3. The monoisotopic (exact) mass is 476 g/mol. The average molecular weight is 477 g/mol. The fraction of sp³-hybridized carbons (Fsp3) is 0.714. The molecule has 1 amide bonds. The highest BCUT2D eigenvalue weighted by molar-refractivity contribution is 7.89. The number of hydrogen-bond donors (Lipinski definition) is 1. The molecular formula is C21H31F3N4O3S. The summed E-state index contributed by atoms with van der Waals surface area (Å²) in [6.45, 7) is 8.33. The van der Waals surface area contributed by atoms with Gasteiger partial charge in [0.2, 0.25) is 15.9 Å². The van der Waals surface area contributed by atoms with Crippen LogP contribution in [0.15, 0.2) is 17.0 Å². The molecule has 0 radical (unpaired) electrons. The van der Waals surface area contributed by atoms with E-state index < -0.39 is 40.1 Å². The number of nitrogens with one attached hydrogen (secondary N) is 1. The van der Waals surface area contributed by atoms with Gasteiger partial charge in [0.25, 0.3) is 0 Å². The molecule has 0 bridgehead atoms. The van der Waals surface area contributed by atoms with E-state index in [9.17, 15) is 26.4 Å². The summed E-state index contributed by atoms with van der Waals surface area (Å²) < 4.78 is 66.6. The Bertz CT molecular complexity index is 946. The van der Waals surface area contributed by atoms with Gasteiger partial charge in [-0.3, -0.25) is 4.79 Å². The number of halogens is 3. The molecule has 11 heteroatoms. The molecule has 32 heavy (non-hydrogen) atoms. The van der Waals surface area contributed by atoms with E-state index in [0.29, 0.717) is 30.9 Å². The molecule has 2 fully saturated rings. The van der Waals surface area contributed by atoms with Crippen LogP contribution >= 0.6 is 0 Å². The molecule has 3 rings (SSSR count). The number of carbonyl (C=O) groups is 1. The van der Waals surface area contributed by atoms with Gasteiger partial charge in [-0.2, -0.15) is 17.5 Å². The van der Waals surface area contributed by atoms with E-state index in [1.54, 1.807) is 13.0 Å². The molecule has 1 N–H and O–H groups in total. The van der Waals surface area contributed by atoms with Gasteiger partial charge in [-0.05, 0) is 65.5 Å². The highest BCUT2D eigenvalue weighted by Crippen LogP contribution is 2.41. The molecule has 1 aromatic heterocycles. The molecule has 2 heterocycles. The van der Waals surface area contributed by atoms with Crippen LogP contribution in [-0.4, -0.2) is 61.0 Å². The second-order valence-corrected chi connectivity index (χ2v) is 10.7. The van der Waals surface area contributed by atoms with Crippen molar-refractivity contribution in [3.63, 3.8) is 0 Å². The van der Waals surface area contributed by atoms with Gasteiger partial charge in [0.1, 0.15) is 16.8 Å². The third kappa shape index (κ3) is 4.88. The van der Waals surface area contributed by atoms with Gasteiger partial charge in [0.15, 0.2) is 0 Å². The molecule has 180 valence electrons. The van der Waals surface area contributed by atoms with Crippen molar-refractivity contribution in [3.05, 3.63) is 17.8 Å². The summed E-state index contributed by atoms with van der Waals surface area (Å²) in [6, 6.07) is 1.65. The Kier molecular flexibility index (Phi) is 7.09. The molecule has 1 atom stereocenters. The minimum atomic E-state index is -4.26. The van der Waals surface area contributed by atoms with Crippen LogP contribution in [0, 0.1) is 12.8 Å². The maximum absolute atomic E-state index is 13.6. The van der Waals surface area contributed by atoms with Crippen molar-refractivity contribution in [2.75, 3.05) is 18.0 Å². The summed E-state index contributed by atoms with van der Waals surface area (Å²) in [7, 11) is -4.04. The van der Waals surface area contributed by atoms with Gasteiger partial charge in [0, 0.05) is 30.9 Å². The molecule has 1 aliphatic carbocycles. The maximum Gasteiger partial charge on any atom is 0.391 e. The van der Waals surface area contributed by atoms with E-state index >= 15 is 0 Å². The Labute approximate surface area is 187 Å². The summed E-state index contributed by atoms with van der Waals surface area (Å²) in [5.41, 5.74) is 0.679. The Morgan fingerprint density at radius 2 is 1.97 bits per heavy atom. The molecule has 7 nitrogen and oxygen atoms in total. The van der Waals surface area contributed by atoms with Crippen LogP contribution in [0.2, 0.25) is 0 Å². The normalized spacial score (nSPS) is 24.4. The van der Waals surface area contributed by atoms with E-state index in [2.05, 4.69) is 10.3 Å². The first-order valence-corrected chi connectivity index (χ1v) is 12.4. The van der Waals surface area contributed by atoms with Crippen LogP contribution in [0.25, 0.3) is 0 Å². The lowest BCUT2D eigenvalue weighted by atomic mass is 9.79. The number of alkyl halides is 3. The fourth-order valence-corrected chi connectivity index (χ4v) is 6.21. The van der Waals surface area contributed by atoms with Gasteiger partial charge >= 0.3 is 6.18 Å². The van der Waals surface area contributed by atoms with Crippen molar-refractivity contribution >= 4 is 21.7 Å². The lowest BCUT2D eigenvalue weighted by Gasteiger charge is -2.38. The van der Waals surface area contributed by atoms with Crippen molar-refractivity contribution in [1.82, 2.24) is 14.6 Å². The van der Waals surface area contributed by atoms with Crippen LogP contribution < -0.4 is 10.2 Å². The summed E-state index contributed by atoms with van der Waals surface area (Å²) in [5.74, 6) is -1.59. The minimum absolute atomic E-state index is 0.0149. The number of pyridine rings is 1. The minimum Gasteiger partial charge on any atom is -0.353 e. The van der Waals surface area contributed by atoms with Crippen molar-refractivity contribution in [1.29, 1.82) is 0 Å². The molecule has 1 aromatic rings. The van der Waals surface area contributed by atoms with E-state index in [-0.39, 0.29) is 30.3 Å². The molecule has 1 aliphatic heterocycles. The van der Waals surface area contributed by atoms with Crippen molar-refractivity contribution < 1.29 is 26.4 Å². The number of aryl methyl sites for hydroxylation is 1. The topological polar surface area (TPSA) is 82.6 Å². The van der Waals surface area contributed by atoms with Gasteiger partial charge in [-0.1, -0.05) is 0 Å².